The van der Waals surface area contributed by atoms with Crippen molar-refractivity contribution in [2.75, 3.05) is 27.0 Å². The molecule has 0 amide bonds. The molecule has 0 saturated carbocycles. The zero-order valence-corrected chi connectivity index (χ0v) is 9.29. The molecule has 2 heterocycles. The van der Waals surface area contributed by atoms with Gasteiger partial charge in [0.15, 0.2) is 11.5 Å². The molecule has 4 heteroatoms. The highest BCUT2D eigenvalue weighted by molar-refractivity contribution is 5.53. The molecule has 86 valence electrons. The standard InChI is InChI=1S/C12H15NO3/c1-13-6-11-8-2-3-10-12(16-7-15-10)9(8)4-5-14-11/h2-3,11,13H,4-7H2,1H3/t11-/m0/s1. The van der Waals surface area contributed by atoms with Crippen LogP contribution in [0.1, 0.15) is 17.2 Å². The zero-order chi connectivity index (χ0) is 11.0. The Morgan fingerprint density at radius 3 is 3.19 bits per heavy atom. The van der Waals surface area contributed by atoms with Crippen molar-refractivity contribution in [1.29, 1.82) is 0 Å². The van der Waals surface area contributed by atoms with Crippen molar-refractivity contribution in [1.82, 2.24) is 5.32 Å². The van der Waals surface area contributed by atoms with Crippen molar-refractivity contribution in [2.24, 2.45) is 0 Å². The molecule has 2 aliphatic heterocycles. The van der Waals surface area contributed by atoms with E-state index in [-0.39, 0.29) is 6.10 Å². The third kappa shape index (κ3) is 1.45. The molecule has 2 aliphatic rings. The maximum atomic E-state index is 5.75. The van der Waals surface area contributed by atoms with Gasteiger partial charge in [-0.05, 0) is 25.1 Å². The Hall–Kier alpha value is -1.26. The topological polar surface area (TPSA) is 39.7 Å². The lowest BCUT2D eigenvalue weighted by Crippen LogP contribution is -2.25. The molecule has 3 rings (SSSR count). The third-order valence-electron chi connectivity index (χ3n) is 3.09. The molecule has 0 saturated heterocycles. The highest BCUT2D eigenvalue weighted by atomic mass is 16.7. The Morgan fingerprint density at radius 2 is 2.31 bits per heavy atom. The summed E-state index contributed by atoms with van der Waals surface area (Å²) in [5.41, 5.74) is 2.48. The highest BCUT2D eigenvalue weighted by Crippen LogP contribution is 2.41. The van der Waals surface area contributed by atoms with Crippen molar-refractivity contribution < 1.29 is 14.2 Å². The maximum absolute atomic E-state index is 5.75. The van der Waals surface area contributed by atoms with Crippen LogP contribution in [0.5, 0.6) is 11.5 Å². The fraction of sp³-hybridized carbons (Fsp3) is 0.500. The Balaban J connectivity index is 2.02. The van der Waals surface area contributed by atoms with Gasteiger partial charge in [-0.1, -0.05) is 6.07 Å². The number of hydrogen-bond acceptors (Lipinski definition) is 4. The van der Waals surface area contributed by atoms with Gasteiger partial charge in [-0.15, -0.1) is 0 Å². The third-order valence-corrected chi connectivity index (χ3v) is 3.09. The van der Waals surface area contributed by atoms with E-state index in [1.165, 1.54) is 11.1 Å². The minimum absolute atomic E-state index is 0.128. The molecule has 1 aromatic rings. The first-order valence-electron chi connectivity index (χ1n) is 5.57. The largest absolute Gasteiger partial charge is 0.454 e. The average molecular weight is 221 g/mol. The summed E-state index contributed by atoms with van der Waals surface area (Å²) in [4.78, 5) is 0. The van der Waals surface area contributed by atoms with Gasteiger partial charge in [-0.25, -0.2) is 0 Å². The highest BCUT2D eigenvalue weighted by Gasteiger charge is 2.27. The smallest absolute Gasteiger partial charge is 0.231 e. The molecule has 4 nitrogen and oxygen atoms in total. The van der Waals surface area contributed by atoms with Gasteiger partial charge in [-0.3, -0.25) is 0 Å². The molecule has 0 radical (unpaired) electrons. The molecule has 1 atom stereocenters. The van der Waals surface area contributed by atoms with Gasteiger partial charge in [0.1, 0.15) is 0 Å². The Kier molecular flexibility index (Phi) is 2.46. The molecule has 0 fully saturated rings. The fourth-order valence-electron chi connectivity index (χ4n) is 2.35. The first-order chi connectivity index (χ1) is 7.90. The van der Waals surface area contributed by atoms with Gasteiger partial charge in [0.2, 0.25) is 6.79 Å². The Morgan fingerprint density at radius 1 is 1.38 bits per heavy atom. The second kappa shape index (κ2) is 3.96. The molecule has 0 aliphatic carbocycles. The van der Waals surface area contributed by atoms with E-state index in [0.717, 1.165) is 31.1 Å². The van der Waals surface area contributed by atoms with Crippen molar-refractivity contribution in [3.8, 4) is 11.5 Å². The van der Waals surface area contributed by atoms with E-state index in [0.29, 0.717) is 6.79 Å². The van der Waals surface area contributed by atoms with Crippen LogP contribution in [-0.4, -0.2) is 27.0 Å². The summed E-state index contributed by atoms with van der Waals surface area (Å²) in [6.45, 7) is 1.91. The second-order valence-corrected chi connectivity index (χ2v) is 4.03. The quantitative estimate of drug-likeness (QED) is 0.816. The van der Waals surface area contributed by atoms with Gasteiger partial charge in [0.05, 0.1) is 12.7 Å². The van der Waals surface area contributed by atoms with E-state index in [1.807, 2.05) is 13.1 Å². The summed E-state index contributed by atoms with van der Waals surface area (Å²) in [6, 6.07) is 4.06. The molecule has 0 bridgehead atoms. The second-order valence-electron chi connectivity index (χ2n) is 4.03. The SMILES string of the molecule is CNC[C@@H]1OCCc2c1ccc1c2OCO1. The average Bonchev–Trinajstić information content (AvgIpc) is 2.78. The van der Waals surface area contributed by atoms with Gasteiger partial charge in [-0.2, -0.15) is 0 Å². The van der Waals surface area contributed by atoms with E-state index < -0.39 is 0 Å². The van der Waals surface area contributed by atoms with Crippen LogP contribution >= 0.6 is 0 Å². The normalized spacial score (nSPS) is 21.9. The van der Waals surface area contributed by atoms with Crippen LogP contribution in [0, 0.1) is 0 Å². The van der Waals surface area contributed by atoms with E-state index in [4.69, 9.17) is 14.2 Å². The van der Waals surface area contributed by atoms with Crippen LogP contribution in [0.25, 0.3) is 0 Å². The van der Waals surface area contributed by atoms with Crippen molar-refractivity contribution in [3.63, 3.8) is 0 Å². The summed E-state index contributed by atoms with van der Waals surface area (Å²) < 4.78 is 16.7. The van der Waals surface area contributed by atoms with Crippen LogP contribution in [0.2, 0.25) is 0 Å². The minimum atomic E-state index is 0.128. The molecule has 1 N–H and O–H groups in total. The minimum Gasteiger partial charge on any atom is -0.454 e. The Labute approximate surface area is 94.5 Å². The molecule has 0 aromatic heterocycles. The zero-order valence-electron chi connectivity index (χ0n) is 9.29. The van der Waals surface area contributed by atoms with Crippen LogP contribution in [0.3, 0.4) is 0 Å². The van der Waals surface area contributed by atoms with Crippen molar-refractivity contribution >= 4 is 0 Å². The Bertz CT molecular complexity index is 405. The molecule has 16 heavy (non-hydrogen) atoms. The van der Waals surface area contributed by atoms with E-state index in [9.17, 15) is 0 Å². The molecule has 1 aromatic carbocycles. The van der Waals surface area contributed by atoms with E-state index >= 15 is 0 Å². The molecule has 0 unspecified atom stereocenters. The van der Waals surface area contributed by atoms with Gasteiger partial charge < -0.3 is 19.5 Å². The summed E-state index contributed by atoms with van der Waals surface area (Å²) in [5, 5.41) is 3.15. The molecular formula is C12H15NO3. The van der Waals surface area contributed by atoms with Crippen molar-refractivity contribution in [3.05, 3.63) is 23.3 Å². The molecule has 0 spiro atoms. The van der Waals surface area contributed by atoms with Gasteiger partial charge in [0.25, 0.3) is 0 Å². The van der Waals surface area contributed by atoms with Crippen LogP contribution in [0.15, 0.2) is 12.1 Å². The predicted molar refractivity (Wildman–Crippen MR) is 58.9 cm³/mol. The first-order valence-corrected chi connectivity index (χ1v) is 5.57. The molecular weight excluding hydrogens is 206 g/mol. The summed E-state index contributed by atoms with van der Waals surface area (Å²) in [6.07, 6.45) is 1.03. The summed E-state index contributed by atoms with van der Waals surface area (Å²) in [7, 11) is 1.94. The van der Waals surface area contributed by atoms with Gasteiger partial charge >= 0.3 is 0 Å². The van der Waals surface area contributed by atoms with Crippen molar-refractivity contribution in [2.45, 2.75) is 12.5 Å². The lowest BCUT2D eigenvalue weighted by atomic mass is 9.96. The maximum Gasteiger partial charge on any atom is 0.231 e. The first kappa shape index (κ1) is 9.93. The number of ether oxygens (including phenoxy) is 3. The number of benzene rings is 1. The fourth-order valence-corrected chi connectivity index (χ4v) is 2.35. The lowest BCUT2D eigenvalue weighted by Gasteiger charge is -2.26. The lowest BCUT2D eigenvalue weighted by molar-refractivity contribution is 0.0430. The van der Waals surface area contributed by atoms with E-state index in [1.54, 1.807) is 0 Å². The van der Waals surface area contributed by atoms with Crippen LogP contribution in [-0.2, 0) is 11.2 Å². The number of hydrogen-bond donors (Lipinski definition) is 1. The number of nitrogens with one attached hydrogen (secondary N) is 1. The summed E-state index contributed by atoms with van der Waals surface area (Å²) >= 11 is 0. The monoisotopic (exact) mass is 221 g/mol. The number of likely N-dealkylation sites (N-methyl/N-ethyl adjacent to an activating group) is 1. The van der Waals surface area contributed by atoms with Crippen LogP contribution in [0.4, 0.5) is 0 Å². The van der Waals surface area contributed by atoms with Crippen LogP contribution < -0.4 is 14.8 Å². The number of rotatable bonds is 2. The van der Waals surface area contributed by atoms with Gasteiger partial charge in [0, 0.05) is 12.1 Å². The van der Waals surface area contributed by atoms with E-state index in [2.05, 4.69) is 11.4 Å². The predicted octanol–water partition coefficient (Wildman–Crippen LogP) is 1.25. The summed E-state index contributed by atoms with van der Waals surface area (Å²) in [5.74, 6) is 1.78. The number of fused-ring (bicyclic) bond motifs is 3.